The van der Waals surface area contributed by atoms with Crippen molar-refractivity contribution >= 4 is 5.90 Å². The van der Waals surface area contributed by atoms with Crippen molar-refractivity contribution in [1.29, 1.82) is 0 Å². The van der Waals surface area contributed by atoms with Crippen LogP contribution in [0.25, 0.3) is 0 Å². The van der Waals surface area contributed by atoms with Gasteiger partial charge < -0.3 is 14.9 Å². The Bertz CT molecular complexity index is 444. The molecule has 1 aliphatic rings. The molecule has 1 heterocycles. The number of hydrogen-bond acceptors (Lipinski definition) is 4. The molecule has 0 saturated heterocycles. The first-order valence-electron chi connectivity index (χ1n) is 12.8. The Kier molecular flexibility index (Phi) is 17.1. The summed E-state index contributed by atoms with van der Waals surface area (Å²) >= 11 is 0. The third kappa shape index (κ3) is 13.4. The first-order valence-corrected chi connectivity index (χ1v) is 12.8. The van der Waals surface area contributed by atoms with Crippen molar-refractivity contribution in [3.63, 3.8) is 0 Å². The van der Waals surface area contributed by atoms with Crippen molar-refractivity contribution in [2.24, 2.45) is 4.99 Å². The highest BCUT2D eigenvalue weighted by atomic mass is 16.5. The maximum Gasteiger partial charge on any atom is 0.184 e. The van der Waals surface area contributed by atoms with E-state index in [1.165, 1.54) is 103 Å². The average Bonchev–Trinajstić information content (AvgIpc) is 3.19. The Balaban J connectivity index is 1.79. The first-order chi connectivity index (χ1) is 14.8. The zero-order valence-electron chi connectivity index (χ0n) is 19.8. The Morgan fingerprint density at radius 3 is 1.67 bits per heavy atom. The topological polar surface area (TPSA) is 62.1 Å². The summed E-state index contributed by atoms with van der Waals surface area (Å²) in [5.41, 5.74) is -0.793. The molecular weight excluding hydrogens is 374 g/mol. The predicted octanol–water partition coefficient (Wildman–Crippen LogP) is 6.74. The number of nitrogens with zero attached hydrogens (tertiary/aromatic N) is 1. The van der Waals surface area contributed by atoms with E-state index in [-0.39, 0.29) is 13.2 Å². The van der Waals surface area contributed by atoms with Crippen molar-refractivity contribution in [3.8, 4) is 0 Å². The van der Waals surface area contributed by atoms with Crippen LogP contribution in [0.4, 0.5) is 0 Å². The van der Waals surface area contributed by atoms with E-state index in [0.29, 0.717) is 12.5 Å². The lowest BCUT2D eigenvalue weighted by Crippen LogP contribution is -2.37. The molecular formula is C26H49NO3. The smallest absolute Gasteiger partial charge is 0.184 e. The monoisotopic (exact) mass is 423 g/mol. The second kappa shape index (κ2) is 18.9. The van der Waals surface area contributed by atoms with Gasteiger partial charge in [-0.25, -0.2) is 4.99 Å². The molecule has 30 heavy (non-hydrogen) atoms. The van der Waals surface area contributed by atoms with Gasteiger partial charge in [-0.2, -0.15) is 0 Å². The quantitative estimate of drug-likeness (QED) is 0.159. The van der Waals surface area contributed by atoms with Crippen LogP contribution in [0.3, 0.4) is 0 Å². The number of hydrogen-bond donors (Lipinski definition) is 2. The van der Waals surface area contributed by atoms with Crippen LogP contribution in [0.5, 0.6) is 0 Å². The summed E-state index contributed by atoms with van der Waals surface area (Å²) in [6.45, 7) is 2.29. The molecule has 176 valence electrons. The lowest BCUT2D eigenvalue weighted by molar-refractivity contribution is 0.0972. The fraction of sp³-hybridized carbons (Fsp3) is 0.885. The van der Waals surface area contributed by atoms with Gasteiger partial charge in [0.25, 0.3) is 0 Å². The molecule has 2 N–H and O–H groups in total. The largest absolute Gasteiger partial charge is 0.478 e. The van der Waals surface area contributed by atoms with Crippen molar-refractivity contribution in [2.45, 2.75) is 128 Å². The molecule has 0 fully saturated rings. The minimum absolute atomic E-state index is 0.150. The van der Waals surface area contributed by atoms with E-state index in [4.69, 9.17) is 4.74 Å². The van der Waals surface area contributed by atoms with Gasteiger partial charge in [0.2, 0.25) is 0 Å². The Hall–Kier alpha value is -0.870. The van der Waals surface area contributed by atoms with Gasteiger partial charge in [-0.05, 0) is 32.1 Å². The average molecular weight is 424 g/mol. The lowest BCUT2D eigenvalue weighted by Gasteiger charge is -2.16. The van der Waals surface area contributed by atoms with Crippen molar-refractivity contribution in [3.05, 3.63) is 12.2 Å². The maximum atomic E-state index is 9.32. The van der Waals surface area contributed by atoms with Crippen LogP contribution < -0.4 is 0 Å². The predicted molar refractivity (Wildman–Crippen MR) is 128 cm³/mol. The molecule has 0 bridgehead atoms. The highest BCUT2D eigenvalue weighted by Gasteiger charge is 2.35. The van der Waals surface area contributed by atoms with Crippen LogP contribution in [0.2, 0.25) is 0 Å². The number of aliphatic imine (C=N–C) groups is 1. The molecule has 0 aromatic rings. The summed E-state index contributed by atoms with van der Waals surface area (Å²) in [4.78, 5) is 4.36. The van der Waals surface area contributed by atoms with Gasteiger partial charge in [0.15, 0.2) is 5.90 Å². The summed E-state index contributed by atoms with van der Waals surface area (Å²) in [5, 5.41) is 18.6. The third-order valence-corrected chi connectivity index (χ3v) is 6.11. The van der Waals surface area contributed by atoms with Gasteiger partial charge in [0, 0.05) is 6.42 Å². The van der Waals surface area contributed by atoms with Crippen LogP contribution >= 0.6 is 0 Å². The third-order valence-electron chi connectivity index (χ3n) is 6.11. The first kappa shape index (κ1) is 27.2. The van der Waals surface area contributed by atoms with E-state index < -0.39 is 5.54 Å². The molecule has 0 atom stereocenters. The normalized spacial score (nSPS) is 15.6. The van der Waals surface area contributed by atoms with Gasteiger partial charge in [-0.3, -0.25) is 0 Å². The van der Waals surface area contributed by atoms with Gasteiger partial charge in [-0.15, -0.1) is 0 Å². The highest BCUT2D eigenvalue weighted by molar-refractivity contribution is 5.78. The Labute approximate surface area is 186 Å². The van der Waals surface area contributed by atoms with E-state index in [1.54, 1.807) is 0 Å². The minimum atomic E-state index is -0.793. The molecule has 0 aromatic carbocycles. The molecule has 4 nitrogen and oxygen atoms in total. The molecule has 0 amide bonds. The van der Waals surface area contributed by atoms with Crippen LogP contribution in [-0.2, 0) is 4.74 Å². The van der Waals surface area contributed by atoms with E-state index in [1.807, 2.05) is 0 Å². The zero-order valence-corrected chi connectivity index (χ0v) is 19.8. The number of unbranched alkanes of at least 4 members (excludes halogenated alkanes) is 15. The highest BCUT2D eigenvalue weighted by Crippen LogP contribution is 2.20. The fourth-order valence-electron chi connectivity index (χ4n) is 3.94. The Morgan fingerprint density at radius 1 is 0.733 bits per heavy atom. The summed E-state index contributed by atoms with van der Waals surface area (Å²) in [5.74, 6) is 0.708. The van der Waals surface area contributed by atoms with E-state index in [2.05, 4.69) is 24.1 Å². The van der Waals surface area contributed by atoms with Gasteiger partial charge >= 0.3 is 0 Å². The molecule has 0 unspecified atom stereocenters. The molecule has 1 aliphatic heterocycles. The fourth-order valence-corrected chi connectivity index (χ4v) is 3.94. The second-order valence-corrected chi connectivity index (χ2v) is 9.08. The SMILES string of the molecule is CCCCCCCC/C=C/CCCCCCCCCCCC1=NC(CO)(CO)CO1. The number of ether oxygens (including phenoxy) is 1. The van der Waals surface area contributed by atoms with Crippen LogP contribution in [0.15, 0.2) is 17.1 Å². The number of rotatable bonds is 21. The summed E-state index contributed by atoms with van der Waals surface area (Å²) in [6, 6.07) is 0. The van der Waals surface area contributed by atoms with Crippen molar-refractivity contribution in [1.82, 2.24) is 0 Å². The standard InChI is InChI=1S/C26H49NO3/c1-2-3-4-5-6-7-8-9-10-11-12-13-14-15-16-17-18-19-20-21-25-27-26(22-28,23-29)24-30-25/h9-10,28-29H,2-8,11-24H2,1H3/b10-9+. The maximum absolute atomic E-state index is 9.32. The molecule has 0 spiro atoms. The van der Waals surface area contributed by atoms with Crippen molar-refractivity contribution in [2.75, 3.05) is 19.8 Å². The minimum Gasteiger partial charge on any atom is -0.478 e. The Morgan fingerprint density at radius 2 is 1.20 bits per heavy atom. The molecule has 0 saturated carbocycles. The van der Waals surface area contributed by atoms with E-state index in [9.17, 15) is 10.2 Å². The van der Waals surface area contributed by atoms with Crippen LogP contribution in [0.1, 0.15) is 122 Å². The number of aliphatic hydroxyl groups is 2. The second-order valence-electron chi connectivity index (χ2n) is 9.08. The number of aliphatic hydroxyl groups excluding tert-OH is 2. The lowest BCUT2D eigenvalue weighted by atomic mass is 10.1. The summed E-state index contributed by atoms with van der Waals surface area (Å²) < 4.78 is 5.51. The molecule has 0 radical (unpaired) electrons. The molecule has 0 aromatic heterocycles. The summed E-state index contributed by atoms with van der Waals surface area (Å²) in [7, 11) is 0. The molecule has 1 rings (SSSR count). The van der Waals surface area contributed by atoms with E-state index >= 15 is 0 Å². The van der Waals surface area contributed by atoms with Gasteiger partial charge in [-0.1, -0.05) is 96.1 Å². The molecule has 0 aliphatic carbocycles. The summed E-state index contributed by atoms with van der Waals surface area (Å²) in [6.07, 6.45) is 28.2. The van der Waals surface area contributed by atoms with E-state index in [0.717, 1.165) is 12.8 Å². The van der Waals surface area contributed by atoms with Gasteiger partial charge in [0.05, 0.1) is 13.2 Å². The van der Waals surface area contributed by atoms with Crippen LogP contribution in [0, 0.1) is 0 Å². The van der Waals surface area contributed by atoms with Crippen molar-refractivity contribution < 1.29 is 14.9 Å². The number of allylic oxidation sites excluding steroid dienone is 2. The van der Waals surface area contributed by atoms with Crippen LogP contribution in [-0.4, -0.2) is 41.5 Å². The molecule has 4 heteroatoms. The zero-order chi connectivity index (χ0) is 21.8. The van der Waals surface area contributed by atoms with Gasteiger partial charge in [0.1, 0.15) is 12.1 Å².